The average molecular weight is 335 g/mol. The fourth-order valence-electron chi connectivity index (χ4n) is 1.84. The van der Waals surface area contributed by atoms with E-state index in [-0.39, 0.29) is 0 Å². The fraction of sp³-hybridized carbons (Fsp3) is 0.125. The smallest absolute Gasteiger partial charge is 0.314 e. The highest BCUT2D eigenvalue weighted by Crippen LogP contribution is 2.20. The van der Waals surface area contributed by atoms with E-state index in [1.807, 2.05) is 24.5 Å². The van der Waals surface area contributed by atoms with Crippen molar-refractivity contribution in [3.8, 4) is 0 Å². The van der Waals surface area contributed by atoms with Crippen molar-refractivity contribution in [1.29, 1.82) is 0 Å². The predicted octanol–water partition coefficient (Wildman–Crippen LogP) is 3.95. The van der Waals surface area contributed by atoms with E-state index in [2.05, 4.69) is 10.6 Å². The van der Waals surface area contributed by atoms with Crippen LogP contribution in [-0.4, -0.2) is 18.1 Å². The zero-order chi connectivity index (χ0) is 16.1. The van der Waals surface area contributed by atoms with Crippen LogP contribution in [0.4, 0.5) is 11.4 Å². The van der Waals surface area contributed by atoms with Crippen molar-refractivity contribution in [2.45, 2.75) is 11.8 Å². The van der Waals surface area contributed by atoms with Gasteiger partial charge in [-0.2, -0.15) is 0 Å². The van der Waals surface area contributed by atoms with E-state index in [0.717, 1.165) is 10.5 Å². The van der Waals surface area contributed by atoms with Crippen molar-refractivity contribution in [3.05, 3.63) is 53.1 Å². The normalized spacial score (nSPS) is 10.1. The van der Waals surface area contributed by atoms with E-state index in [4.69, 9.17) is 11.6 Å². The Morgan fingerprint density at radius 1 is 1.05 bits per heavy atom. The molecule has 0 aliphatic rings. The van der Waals surface area contributed by atoms with Gasteiger partial charge in [-0.1, -0.05) is 17.7 Å². The van der Waals surface area contributed by atoms with E-state index in [1.54, 1.807) is 43.0 Å². The lowest BCUT2D eigenvalue weighted by molar-refractivity contribution is -0.133. The first-order valence-corrected chi connectivity index (χ1v) is 8.12. The topological polar surface area (TPSA) is 58.2 Å². The molecular formula is C16H15ClN2O2S. The lowest BCUT2D eigenvalue weighted by Crippen LogP contribution is -2.29. The van der Waals surface area contributed by atoms with Gasteiger partial charge in [0.15, 0.2) is 0 Å². The minimum atomic E-state index is -0.722. The van der Waals surface area contributed by atoms with Crippen LogP contribution in [0.1, 0.15) is 5.56 Å². The van der Waals surface area contributed by atoms with E-state index >= 15 is 0 Å². The zero-order valence-corrected chi connectivity index (χ0v) is 13.7. The zero-order valence-electron chi connectivity index (χ0n) is 12.1. The fourth-order valence-corrected chi connectivity index (χ4v) is 2.52. The maximum absolute atomic E-state index is 11.9. The molecule has 0 unspecified atom stereocenters. The number of anilines is 2. The maximum atomic E-state index is 11.9. The van der Waals surface area contributed by atoms with E-state index < -0.39 is 11.8 Å². The van der Waals surface area contributed by atoms with Crippen LogP contribution in [-0.2, 0) is 9.59 Å². The van der Waals surface area contributed by atoms with Crippen LogP contribution >= 0.6 is 23.4 Å². The Morgan fingerprint density at radius 3 is 2.45 bits per heavy atom. The highest BCUT2D eigenvalue weighted by atomic mass is 35.5. The first-order chi connectivity index (χ1) is 10.5. The van der Waals surface area contributed by atoms with E-state index in [1.165, 1.54) is 0 Å². The van der Waals surface area contributed by atoms with Gasteiger partial charge in [-0.3, -0.25) is 9.59 Å². The Labute approximate surface area is 138 Å². The molecule has 0 saturated heterocycles. The number of halogens is 1. The third kappa shape index (κ3) is 4.26. The van der Waals surface area contributed by atoms with Crippen molar-refractivity contribution >= 4 is 46.6 Å². The quantitative estimate of drug-likeness (QED) is 0.660. The first-order valence-electron chi connectivity index (χ1n) is 6.52. The van der Waals surface area contributed by atoms with E-state index in [9.17, 15) is 9.59 Å². The van der Waals surface area contributed by atoms with Gasteiger partial charge in [0.2, 0.25) is 0 Å². The summed E-state index contributed by atoms with van der Waals surface area (Å²) in [5.41, 5.74) is 1.93. The number of benzene rings is 2. The van der Waals surface area contributed by atoms with Gasteiger partial charge in [0.1, 0.15) is 0 Å². The molecule has 0 aromatic heterocycles. The molecule has 2 N–H and O–H groups in total. The molecule has 0 saturated carbocycles. The second kappa shape index (κ2) is 7.33. The van der Waals surface area contributed by atoms with Gasteiger partial charge in [0.25, 0.3) is 0 Å². The number of hydrogen-bond acceptors (Lipinski definition) is 3. The lowest BCUT2D eigenvalue weighted by Gasteiger charge is -2.09. The molecule has 114 valence electrons. The predicted molar refractivity (Wildman–Crippen MR) is 91.7 cm³/mol. The van der Waals surface area contributed by atoms with Gasteiger partial charge in [-0.05, 0) is 55.1 Å². The molecule has 0 bridgehead atoms. The summed E-state index contributed by atoms with van der Waals surface area (Å²) in [4.78, 5) is 24.9. The number of amides is 2. The summed E-state index contributed by atoms with van der Waals surface area (Å²) in [5, 5.41) is 5.73. The van der Waals surface area contributed by atoms with Gasteiger partial charge < -0.3 is 10.6 Å². The summed E-state index contributed by atoms with van der Waals surface area (Å²) in [6.45, 7) is 1.81. The van der Waals surface area contributed by atoms with Gasteiger partial charge >= 0.3 is 11.8 Å². The molecule has 0 spiro atoms. The minimum absolute atomic E-state index is 0.558. The summed E-state index contributed by atoms with van der Waals surface area (Å²) >= 11 is 7.42. The molecule has 2 rings (SSSR count). The molecule has 2 amide bonds. The highest BCUT2D eigenvalue weighted by Gasteiger charge is 2.15. The number of thioether (sulfide) groups is 1. The molecule has 2 aromatic rings. The molecule has 2 aromatic carbocycles. The molecule has 0 aliphatic heterocycles. The largest absolute Gasteiger partial charge is 0.318 e. The third-order valence-corrected chi connectivity index (χ3v) is 3.93. The van der Waals surface area contributed by atoms with Gasteiger partial charge in [0.05, 0.1) is 0 Å². The summed E-state index contributed by atoms with van der Waals surface area (Å²) in [6.07, 6.45) is 1.94. The second-order valence-electron chi connectivity index (χ2n) is 4.60. The van der Waals surface area contributed by atoms with Crippen molar-refractivity contribution in [2.75, 3.05) is 16.9 Å². The summed E-state index contributed by atoms with van der Waals surface area (Å²) < 4.78 is 0. The second-order valence-corrected chi connectivity index (χ2v) is 5.92. The Kier molecular flexibility index (Phi) is 5.46. The SMILES string of the molecule is CSc1cccc(NC(=O)C(=O)Nc2ccc(Cl)cc2C)c1. The van der Waals surface area contributed by atoms with Crippen LogP contribution in [0.5, 0.6) is 0 Å². The standard InChI is InChI=1S/C16H15ClN2O2S/c1-10-8-11(17)6-7-14(10)19-16(21)15(20)18-12-4-3-5-13(9-12)22-2/h3-9H,1-2H3,(H,18,20)(H,19,21). The van der Waals surface area contributed by atoms with Crippen molar-refractivity contribution in [3.63, 3.8) is 0 Å². The minimum Gasteiger partial charge on any atom is -0.318 e. The molecule has 0 radical (unpaired) electrons. The van der Waals surface area contributed by atoms with Crippen molar-refractivity contribution < 1.29 is 9.59 Å². The Balaban J connectivity index is 2.04. The molecule has 22 heavy (non-hydrogen) atoms. The molecule has 0 heterocycles. The van der Waals surface area contributed by atoms with Crippen LogP contribution in [0.2, 0.25) is 5.02 Å². The first kappa shape index (κ1) is 16.4. The van der Waals surface area contributed by atoms with Gasteiger partial charge in [0, 0.05) is 21.3 Å². The Hall–Kier alpha value is -1.98. The number of carbonyl (C=O) groups excluding carboxylic acids is 2. The molecule has 0 aliphatic carbocycles. The summed E-state index contributed by atoms with van der Waals surface area (Å²) in [7, 11) is 0. The molecule has 0 fully saturated rings. The average Bonchev–Trinajstić information content (AvgIpc) is 2.50. The van der Waals surface area contributed by atoms with Crippen LogP contribution in [0.15, 0.2) is 47.4 Å². The van der Waals surface area contributed by atoms with E-state index in [0.29, 0.717) is 16.4 Å². The number of aryl methyl sites for hydroxylation is 1. The van der Waals surface area contributed by atoms with Crippen LogP contribution < -0.4 is 10.6 Å². The number of nitrogens with one attached hydrogen (secondary N) is 2. The molecular weight excluding hydrogens is 320 g/mol. The van der Waals surface area contributed by atoms with Gasteiger partial charge in [-0.15, -0.1) is 11.8 Å². The van der Waals surface area contributed by atoms with Crippen LogP contribution in [0.3, 0.4) is 0 Å². The monoisotopic (exact) mass is 334 g/mol. The van der Waals surface area contributed by atoms with Crippen molar-refractivity contribution in [1.82, 2.24) is 0 Å². The Morgan fingerprint density at radius 2 is 1.77 bits per heavy atom. The maximum Gasteiger partial charge on any atom is 0.314 e. The molecule has 0 atom stereocenters. The number of carbonyl (C=O) groups is 2. The highest BCUT2D eigenvalue weighted by molar-refractivity contribution is 7.98. The summed E-state index contributed by atoms with van der Waals surface area (Å²) in [6, 6.07) is 12.3. The van der Waals surface area contributed by atoms with Gasteiger partial charge in [-0.25, -0.2) is 0 Å². The summed E-state index contributed by atoms with van der Waals surface area (Å²) in [5.74, 6) is -1.44. The third-order valence-electron chi connectivity index (χ3n) is 2.97. The molecule has 4 nitrogen and oxygen atoms in total. The van der Waals surface area contributed by atoms with Crippen LogP contribution in [0.25, 0.3) is 0 Å². The van der Waals surface area contributed by atoms with Crippen LogP contribution in [0, 0.1) is 6.92 Å². The number of hydrogen-bond donors (Lipinski definition) is 2. The molecule has 6 heteroatoms. The van der Waals surface area contributed by atoms with Crippen molar-refractivity contribution in [2.24, 2.45) is 0 Å². The lowest BCUT2D eigenvalue weighted by atomic mass is 10.2. The number of rotatable bonds is 3. The Bertz CT molecular complexity index is 719.